The molecule has 1 amide bonds. The van der Waals surface area contributed by atoms with E-state index in [1.54, 1.807) is 37.4 Å². The van der Waals surface area contributed by atoms with Gasteiger partial charge < -0.3 is 44.7 Å². The third-order valence-electron chi connectivity index (χ3n) is 9.36. The van der Waals surface area contributed by atoms with Crippen LogP contribution < -0.4 is 11.1 Å². The van der Waals surface area contributed by atoms with Gasteiger partial charge in [-0.15, -0.1) is 23.2 Å². The van der Waals surface area contributed by atoms with E-state index >= 15 is 0 Å². The lowest BCUT2D eigenvalue weighted by Gasteiger charge is -2.32. The first-order valence-electron chi connectivity index (χ1n) is 16.7. The van der Waals surface area contributed by atoms with Crippen LogP contribution in [0.3, 0.4) is 0 Å². The summed E-state index contributed by atoms with van der Waals surface area (Å²) in [5.41, 5.74) is 5.48. The normalized spacial score (nSPS) is 31.1. The van der Waals surface area contributed by atoms with Gasteiger partial charge in [-0.25, -0.2) is 23.8 Å². The van der Waals surface area contributed by atoms with Crippen molar-refractivity contribution >= 4 is 52.0 Å². The Balaban J connectivity index is 0.000000192. The van der Waals surface area contributed by atoms with Gasteiger partial charge in [-0.3, -0.25) is 5.32 Å². The Labute approximate surface area is 309 Å². The summed E-state index contributed by atoms with van der Waals surface area (Å²) in [7, 11) is 0. The fourth-order valence-corrected chi connectivity index (χ4v) is 7.47. The molecule has 3 saturated heterocycles. The minimum atomic E-state index is -1.41. The molecule has 3 fully saturated rings. The lowest BCUT2D eigenvalue weighted by Crippen LogP contribution is -2.47. The van der Waals surface area contributed by atoms with E-state index in [9.17, 15) is 20.1 Å². The van der Waals surface area contributed by atoms with Crippen molar-refractivity contribution in [2.75, 3.05) is 29.4 Å². The van der Waals surface area contributed by atoms with Gasteiger partial charge in [0.1, 0.15) is 77.1 Å². The number of fused-ring (bicyclic) bond motifs is 3. The summed E-state index contributed by atoms with van der Waals surface area (Å²) in [6, 6.07) is 7.07. The molecule has 0 aliphatic carbocycles. The SMILES string of the molecule is CC[C@@]1(CCl)O[C@@H](c2ccc3c(NC(=O)OC(C)(C)C)ncnn23)[C@@H]2OC(C)(C)O[C@@H]21.Nc1ncnn2c([C@@H]3O[C@@](CO)(CCl)[C@@H](O)[C@H]3O)ccc12. The summed E-state index contributed by atoms with van der Waals surface area (Å²) in [4.78, 5) is 20.3. The maximum absolute atomic E-state index is 12.2. The van der Waals surface area contributed by atoms with Crippen molar-refractivity contribution in [2.45, 2.75) is 107 Å². The number of aliphatic hydroxyl groups is 3. The molecule has 0 aromatic carbocycles. The predicted molar refractivity (Wildman–Crippen MR) is 188 cm³/mol. The van der Waals surface area contributed by atoms with Crippen LogP contribution >= 0.6 is 23.2 Å². The Kier molecular flexibility index (Phi) is 10.4. The smallest absolute Gasteiger partial charge is 0.413 e. The molecule has 0 spiro atoms. The molecule has 17 nitrogen and oxygen atoms in total. The molecule has 0 unspecified atom stereocenters. The first-order valence-corrected chi connectivity index (χ1v) is 17.8. The molecule has 52 heavy (non-hydrogen) atoms. The van der Waals surface area contributed by atoms with Crippen LogP contribution in [0.1, 0.15) is 71.6 Å². The molecule has 7 rings (SSSR count). The fraction of sp³-hybridized carbons (Fsp3) is 0.606. The number of halogens is 2. The summed E-state index contributed by atoms with van der Waals surface area (Å²) in [6.45, 7) is 10.7. The number of hydrogen-bond acceptors (Lipinski definition) is 14. The number of amides is 1. The second-order valence-electron chi connectivity index (χ2n) is 14.4. The van der Waals surface area contributed by atoms with Crippen molar-refractivity contribution < 1.29 is 43.8 Å². The number of nitrogens with zero attached hydrogens (tertiary/aromatic N) is 6. The number of rotatable bonds is 7. The third-order valence-corrected chi connectivity index (χ3v) is 10.3. The molecular formula is C33H44Cl2N8O9. The van der Waals surface area contributed by atoms with Crippen LogP contribution in [0.4, 0.5) is 16.4 Å². The van der Waals surface area contributed by atoms with Crippen molar-refractivity contribution in [2.24, 2.45) is 0 Å². The van der Waals surface area contributed by atoms with E-state index in [1.165, 1.54) is 17.2 Å². The van der Waals surface area contributed by atoms with Gasteiger partial charge in [-0.1, -0.05) is 6.92 Å². The Bertz CT molecular complexity index is 1910. The van der Waals surface area contributed by atoms with Gasteiger partial charge in [0.2, 0.25) is 0 Å². The molecule has 19 heteroatoms. The maximum atomic E-state index is 12.2. The quantitative estimate of drug-likeness (QED) is 0.171. The predicted octanol–water partition coefficient (Wildman–Crippen LogP) is 3.13. The van der Waals surface area contributed by atoms with Crippen molar-refractivity contribution in [3.8, 4) is 0 Å². The minimum Gasteiger partial charge on any atom is -0.444 e. The van der Waals surface area contributed by atoms with Crippen LogP contribution in [0.5, 0.6) is 0 Å². The van der Waals surface area contributed by atoms with Gasteiger partial charge in [0.25, 0.3) is 0 Å². The second-order valence-corrected chi connectivity index (χ2v) is 15.0. The van der Waals surface area contributed by atoms with E-state index in [0.29, 0.717) is 29.0 Å². The number of nitrogen functional groups attached to an aromatic ring is 1. The zero-order valence-corrected chi connectivity index (χ0v) is 31.1. The number of nitrogens with one attached hydrogen (secondary N) is 1. The summed E-state index contributed by atoms with van der Waals surface area (Å²) >= 11 is 12.1. The zero-order valence-electron chi connectivity index (χ0n) is 29.6. The van der Waals surface area contributed by atoms with Crippen LogP contribution in [0.25, 0.3) is 11.0 Å². The van der Waals surface area contributed by atoms with E-state index in [-0.39, 0.29) is 29.8 Å². The van der Waals surface area contributed by atoms with Gasteiger partial charge in [0.05, 0.1) is 29.8 Å². The molecule has 8 atom stereocenters. The van der Waals surface area contributed by atoms with Crippen molar-refractivity contribution in [3.63, 3.8) is 0 Å². The highest BCUT2D eigenvalue weighted by atomic mass is 35.5. The topological polar surface area (TPSA) is 222 Å². The first kappa shape index (κ1) is 38.3. The van der Waals surface area contributed by atoms with Gasteiger partial charge in [0.15, 0.2) is 17.4 Å². The van der Waals surface area contributed by atoms with E-state index in [1.807, 2.05) is 32.9 Å². The van der Waals surface area contributed by atoms with E-state index in [0.717, 1.165) is 5.69 Å². The highest BCUT2D eigenvalue weighted by Crippen LogP contribution is 2.51. The second kappa shape index (κ2) is 14.1. The Morgan fingerprint density at radius 1 is 0.942 bits per heavy atom. The number of hydrogen-bond donors (Lipinski definition) is 5. The molecule has 3 aliphatic heterocycles. The number of nitrogens with two attached hydrogens (primary N) is 1. The van der Waals surface area contributed by atoms with Crippen LogP contribution in [0.2, 0.25) is 0 Å². The van der Waals surface area contributed by atoms with Crippen molar-refractivity contribution in [1.29, 1.82) is 0 Å². The molecular weight excluding hydrogens is 723 g/mol. The highest BCUT2D eigenvalue weighted by Gasteiger charge is 2.62. The summed E-state index contributed by atoms with van der Waals surface area (Å²) in [5.74, 6) is 0.0151. The maximum Gasteiger partial charge on any atom is 0.413 e. The summed E-state index contributed by atoms with van der Waals surface area (Å²) in [5, 5.41) is 40.9. The van der Waals surface area contributed by atoms with E-state index < -0.39 is 59.7 Å². The molecule has 0 radical (unpaired) electrons. The molecule has 4 aromatic heterocycles. The number of carbonyl (C=O) groups excluding carboxylic acids is 1. The zero-order chi connectivity index (χ0) is 37.8. The molecule has 0 saturated carbocycles. The molecule has 3 aliphatic rings. The lowest BCUT2D eigenvalue weighted by atomic mass is 9.93. The number of aromatic nitrogens is 6. The molecule has 284 valence electrons. The van der Waals surface area contributed by atoms with Gasteiger partial charge in [-0.2, -0.15) is 10.2 Å². The Morgan fingerprint density at radius 2 is 1.54 bits per heavy atom. The van der Waals surface area contributed by atoms with E-state index in [4.69, 9.17) is 52.6 Å². The molecule has 0 bridgehead atoms. The largest absolute Gasteiger partial charge is 0.444 e. The van der Waals surface area contributed by atoms with Crippen LogP contribution in [0, 0.1) is 0 Å². The number of carbonyl (C=O) groups is 1. The Hall–Kier alpha value is -3.39. The van der Waals surface area contributed by atoms with E-state index in [2.05, 4.69) is 25.5 Å². The Morgan fingerprint density at radius 3 is 2.13 bits per heavy atom. The average Bonchev–Trinajstić information content (AvgIpc) is 3.89. The lowest BCUT2D eigenvalue weighted by molar-refractivity contribution is -0.207. The van der Waals surface area contributed by atoms with Gasteiger partial charge >= 0.3 is 6.09 Å². The summed E-state index contributed by atoms with van der Waals surface area (Å²) in [6.07, 6.45) is -1.79. The van der Waals surface area contributed by atoms with Gasteiger partial charge in [0, 0.05) is 0 Å². The molecule has 7 heterocycles. The van der Waals surface area contributed by atoms with Crippen LogP contribution in [-0.2, 0) is 23.7 Å². The van der Waals surface area contributed by atoms with Crippen molar-refractivity contribution in [1.82, 2.24) is 29.2 Å². The average molecular weight is 768 g/mol. The number of anilines is 2. The standard InChI is InChI=1S/C21H29ClN4O5.C12H15ClN4O4/c1-7-21(10-22)16-15(28-20(5,6)30-16)14(29-21)12-8-9-13-17(23-11-24-26(12)13)25-18(27)31-19(2,3)4;13-3-12(4-18)10(20)8(19)9(21-12)6-1-2-7-11(14)15-5-16-17(6)7/h8-9,11,14-16H,7,10H2,1-6H3,(H,23,24,25,27);1-2,5,8-10,18-20H,3-4H2,(H2,14,15,16)/t14-,15-,16-,21-;8-,9-,10-,12+/m00/s1. The fourth-order valence-electron chi connectivity index (χ4n) is 6.76. The van der Waals surface area contributed by atoms with Crippen LogP contribution in [0.15, 0.2) is 36.9 Å². The van der Waals surface area contributed by atoms with Crippen LogP contribution in [-0.4, -0.2) is 116 Å². The molecule has 4 aromatic rings. The number of ether oxygens (including phenoxy) is 5. The highest BCUT2D eigenvalue weighted by molar-refractivity contribution is 6.19. The number of aliphatic hydroxyl groups excluding tert-OH is 3. The number of alkyl halides is 2. The molecule has 6 N–H and O–H groups in total. The van der Waals surface area contributed by atoms with Gasteiger partial charge in [-0.05, 0) is 65.3 Å². The minimum absolute atomic E-state index is 0.154. The third kappa shape index (κ3) is 6.78. The first-order chi connectivity index (χ1) is 24.5. The van der Waals surface area contributed by atoms with Crippen molar-refractivity contribution in [3.05, 3.63) is 48.3 Å². The summed E-state index contributed by atoms with van der Waals surface area (Å²) < 4.78 is 33.0. The monoisotopic (exact) mass is 766 g/mol.